The maximum absolute atomic E-state index is 13.1. The van der Waals surface area contributed by atoms with Gasteiger partial charge in [-0.15, -0.1) is 23.1 Å². The predicted octanol–water partition coefficient (Wildman–Crippen LogP) is 4.42. The number of halogens is 1. The molecule has 0 spiro atoms. The van der Waals surface area contributed by atoms with Crippen molar-refractivity contribution in [3.63, 3.8) is 0 Å². The van der Waals surface area contributed by atoms with Crippen LogP contribution in [0.2, 0.25) is 0 Å². The van der Waals surface area contributed by atoms with Crippen molar-refractivity contribution in [2.24, 2.45) is 0 Å². The van der Waals surface area contributed by atoms with Gasteiger partial charge in [0.05, 0.1) is 11.4 Å². The molecule has 2 nitrogen and oxygen atoms in total. The molecule has 0 saturated heterocycles. The zero-order chi connectivity index (χ0) is 14.5. The highest BCUT2D eigenvalue weighted by atomic mass is 32.2. The van der Waals surface area contributed by atoms with Gasteiger partial charge in [0, 0.05) is 16.3 Å². The third kappa shape index (κ3) is 4.04. The molecule has 20 heavy (non-hydrogen) atoms. The van der Waals surface area contributed by atoms with E-state index in [0.29, 0.717) is 5.92 Å². The molecule has 0 aliphatic carbocycles. The van der Waals surface area contributed by atoms with Gasteiger partial charge in [0.2, 0.25) is 0 Å². The zero-order valence-corrected chi connectivity index (χ0v) is 13.6. The Morgan fingerprint density at radius 2 is 2.20 bits per heavy atom. The van der Waals surface area contributed by atoms with Crippen molar-refractivity contribution < 1.29 is 4.39 Å². The van der Waals surface area contributed by atoms with Gasteiger partial charge in [-0.05, 0) is 31.2 Å². The van der Waals surface area contributed by atoms with E-state index in [2.05, 4.69) is 19.2 Å². The first kappa shape index (κ1) is 15.5. The minimum atomic E-state index is -0.187. The zero-order valence-electron chi connectivity index (χ0n) is 11.9. The number of nitrogens with one attached hydrogen (secondary N) is 1. The summed E-state index contributed by atoms with van der Waals surface area (Å²) in [7, 11) is 1.95. The van der Waals surface area contributed by atoms with Crippen LogP contribution in [0.25, 0.3) is 0 Å². The maximum Gasteiger partial charge on any atom is 0.124 e. The Labute approximate surface area is 127 Å². The molecule has 108 valence electrons. The monoisotopic (exact) mass is 310 g/mol. The lowest BCUT2D eigenvalue weighted by atomic mass is 10.1. The fourth-order valence-corrected chi connectivity index (χ4v) is 4.08. The van der Waals surface area contributed by atoms with Gasteiger partial charge in [-0.2, -0.15) is 0 Å². The van der Waals surface area contributed by atoms with E-state index in [9.17, 15) is 4.39 Å². The van der Waals surface area contributed by atoms with Gasteiger partial charge in [0.15, 0.2) is 0 Å². The van der Waals surface area contributed by atoms with Crippen molar-refractivity contribution in [3.8, 4) is 0 Å². The molecule has 1 aromatic heterocycles. The van der Waals surface area contributed by atoms with Crippen molar-refractivity contribution in [3.05, 3.63) is 45.7 Å². The van der Waals surface area contributed by atoms with Crippen LogP contribution in [0.1, 0.15) is 35.3 Å². The molecule has 2 rings (SSSR count). The fourth-order valence-electron chi connectivity index (χ4n) is 1.92. The lowest BCUT2D eigenvalue weighted by Gasteiger charge is -2.03. The van der Waals surface area contributed by atoms with E-state index in [1.54, 1.807) is 35.2 Å². The smallest absolute Gasteiger partial charge is 0.124 e. The lowest BCUT2D eigenvalue weighted by molar-refractivity contribution is 0.624. The van der Waals surface area contributed by atoms with E-state index in [-0.39, 0.29) is 5.82 Å². The molecule has 0 atom stereocenters. The molecular weight excluding hydrogens is 291 g/mol. The maximum atomic E-state index is 13.1. The highest BCUT2D eigenvalue weighted by Crippen LogP contribution is 2.30. The summed E-state index contributed by atoms with van der Waals surface area (Å²) in [5, 5.41) is 4.29. The van der Waals surface area contributed by atoms with Crippen molar-refractivity contribution >= 4 is 23.1 Å². The van der Waals surface area contributed by atoms with Crippen LogP contribution in [-0.2, 0) is 12.3 Å². The third-order valence-electron chi connectivity index (χ3n) is 2.81. The Balaban J connectivity index is 2.07. The third-order valence-corrected chi connectivity index (χ3v) is 5.07. The first-order valence-electron chi connectivity index (χ1n) is 6.61. The predicted molar refractivity (Wildman–Crippen MR) is 84.9 cm³/mol. The van der Waals surface area contributed by atoms with Gasteiger partial charge in [0.25, 0.3) is 0 Å². The van der Waals surface area contributed by atoms with Gasteiger partial charge in [0.1, 0.15) is 10.8 Å². The minimum absolute atomic E-state index is 0.187. The van der Waals surface area contributed by atoms with Crippen molar-refractivity contribution in [1.29, 1.82) is 0 Å². The summed E-state index contributed by atoms with van der Waals surface area (Å²) >= 11 is 3.37. The number of thioether (sulfide) groups is 1. The van der Waals surface area contributed by atoms with E-state index >= 15 is 0 Å². The van der Waals surface area contributed by atoms with Gasteiger partial charge in [-0.3, -0.25) is 0 Å². The average molecular weight is 310 g/mol. The number of thiazole rings is 1. The normalized spacial score (nSPS) is 11.2. The first-order chi connectivity index (χ1) is 9.60. The molecule has 0 unspecified atom stereocenters. The quantitative estimate of drug-likeness (QED) is 0.800. The van der Waals surface area contributed by atoms with Gasteiger partial charge in [-0.25, -0.2) is 9.37 Å². The van der Waals surface area contributed by atoms with Crippen molar-refractivity contribution in [2.45, 2.75) is 37.0 Å². The summed E-state index contributed by atoms with van der Waals surface area (Å²) in [5.74, 6) is 1.03. The summed E-state index contributed by atoms with van der Waals surface area (Å²) in [5.41, 5.74) is 1.18. The van der Waals surface area contributed by atoms with Crippen LogP contribution < -0.4 is 5.32 Å². The molecule has 0 aliphatic heterocycles. The summed E-state index contributed by atoms with van der Waals surface area (Å²) in [6.45, 7) is 5.19. The Hall–Kier alpha value is -0.910. The highest BCUT2D eigenvalue weighted by Gasteiger charge is 2.13. The van der Waals surface area contributed by atoms with Crippen LogP contribution in [0, 0.1) is 5.82 Å². The highest BCUT2D eigenvalue weighted by molar-refractivity contribution is 7.98. The van der Waals surface area contributed by atoms with Crippen LogP contribution in [0.5, 0.6) is 0 Å². The number of hydrogen-bond acceptors (Lipinski definition) is 4. The number of hydrogen-bond donors (Lipinski definition) is 1. The van der Waals surface area contributed by atoms with Crippen LogP contribution >= 0.6 is 23.1 Å². The second-order valence-corrected chi connectivity index (χ2v) is 7.06. The van der Waals surface area contributed by atoms with Crippen LogP contribution in [0.15, 0.2) is 29.2 Å². The Bertz CT molecular complexity index is 567. The molecule has 0 aliphatic rings. The first-order valence-corrected chi connectivity index (χ1v) is 8.41. The number of benzene rings is 1. The van der Waals surface area contributed by atoms with Crippen LogP contribution in [0.4, 0.5) is 4.39 Å². The topological polar surface area (TPSA) is 24.9 Å². The average Bonchev–Trinajstić information content (AvgIpc) is 2.80. The van der Waals surface area contributed by atoms with Crippen molar-refractivity contribution in [2.75, 3.05) is 7.05 Å². The molecule has 0 amide bonds. The van der Waals surface area contributed by atoms with Gasteiger partial charge in [-0.1, -0.05) is 19.9 Å². The Morgan fingerprint density at radius 1 is 1.40 bits per heavy atom. The van der Waals surface area contributed by atoms with E-state index in [1.165, 1.54) is 16.6 Å². The van der Waals surface area contributed by atoms with Crippen LogP contribution in [-0.4, -0.2) is 12.0 Å². The lowest BCUT2D eigenvalue weighted by Crippen LogP contribution is -2.06. The summed E-state index contributed by atoms with van der Waals surface area (Å²) < 4.78 is 13.1. The fraction of sp³-hybridized carbons (Fsp3) is 0.400. The van der Waals surface area contributed by atoms with E-state index in [4.69, 9.17) is 4.98 Å². The van der Waals surface area contributed by atoms with E-state index in [1.807, 2.05) is 13.1 Å². The molecule has 0 bridgehead atoms. The van der Waals surface area contributed by atoms with E-state index < -0.39 is 0 Å². The van der Waals surface area contributed by atoms with E-state index in [0.717, 1.165) is 22.2 Å². The SMILES string of the molecule is CNCc1sc(CSc2cccc(F)c2)nc1C(C)C. The Morgan fingerprint density at radius 3 is 2.85 bits per heavy atom. The minimum Gasteiger partial charge on any atom is -0.315 e. The number of rotatable bonds is 6. The molecule has 0 saturated carbocycles. The summed E-state index contributed by atoms with van der Waals surface area (Å²) in [6, 6.07) is 6.70. The second kappa shape index (κ2) is 7.20. The summed E-state index contributed by atoms with van der Waals surface area (Å²) in [6.07, 6.45) is 0. The van der Waals surface area contributed by atoms with Crippen LogP contribution in [0.3, 0.4) is 0 Å². The number of nitrogens with zero attached hydrogens (tertiary/aromatic N) is 1. The van der Waals surface area contributed by atoms with Gasteiger partial charge >= 0.3 is 0 Å². The summed E-state index contributed by atoms with van der Waals surface area (Å²) in [4.78, 5) is 6.98. The standard InChI is InChI=1S/C15H19FN2S2/c1-10(2)15-13(8-17-3)20-14(18-15)9-19-12-6-4-5-11(16)7-12/h4-7,10,17H,8-9H2,1-3H3. The second-order valence-electron chi connectivity index (χ2n) is 4.85. The molecule has 1 heterocycles. The molecule has 2 aromatic rings. The molecule has 0 fully saturated rings. The number of aromatic nitrogens is 1. The molecule has 1 N–H and O–H groups in total. The Kier molecular flexibility index (Phi) is 5.57. The molecular formula is C15H19FN2S2. The molecule has 5 heteroatoms. The molecule has 0 radical (unpaired) electrons. The largest absolute Gasteiger partial charge is 0.315 e. The van der Waals surface area contributed by atoms with Crippen molar-refractivity contribution in [1.82, 2.24) is 10.3 Å². The molecule has 1 aromatic carbocycles. The van der Waals surface area contributed by atoms with Gasteiger partial charge < -0.3 is 5.32 Å².